The van der Waals surface area contributed by atoms with E-state index in [-0.39, 0.29) is 6.10 Å². The molecule has 0 aliphatic carbocycles. The number of nitrogens with one attached hydrogen (secondary N) is 1. The van der Waals surface area contributed by atoms with Crippen LogP contribution in [-0.4, -0.2) is 117 Å². The van der Waals surface area contributed by atoms with Crippen molar-refractivity contribution in [3.05, 3.63) is 35.9 Å². The molecule has 7 heteroatoms. The van der Waals surface area contributed by atoms with Crippen LogP contribution in [0.3, 0.4) is 0 Å². The van der Waals surface area contributed by atoms with Crippen LogP contribution >= 0.6 is 0 Å². The number of morpholine rings is 1. The van der Waals surface area contributed by atoms with Gasteiger partial charge in [0.1, 0.15) is 0 Å². The molecule has 178 valence electrons. The molecule has 1 N–H and O–H groups in total. The molecule has 0 aromatic heterocycles. The van der Waals surface area contributed by atoms with Gasteiger partial charge in [0, 0.05) is 72.0 Å². The van der Waals surface area contributed by atoms with Crippen LogP contribution in [0.5, 0.6) is 0 Å². The maximum atomic E-state index is 6.19. The van der Waals surface area contributed by atoms with E-state index in [2.05, 4.69) is 76.1 Å². The Labute approximate surface area is 194 Å². The summed E-state index contributed by atoms with van der Waals surface area (Å²) in [5.41, 5.74) is 1.38. The highest BCUT2D eigenvalue weighted by Gasteiger charge is 2.41. The van der Waals surface area contributed by atoms with Gasteiger partial charge in [-0.25, -0.2) is 0 Å². The summed E-state index contributed by atoms with van der Waals surface area (Å²) in [4.78, 5) is 15.1. The maximum Gasteiger partial charge on any atom is 0.194 e. The summed E-state index contributed by atoms with van der Waals surface area (Å²) >= 11 is 0. The quantitative estimate of drug-likeness (QED) is 0.509. The zero-order valence-electron chi connectivity index (χ0n) is 20.2. The van der Waals surface area contributed by atoms with Crippen molar-refractivity contribution < 1.29 is 4.74 Å². The van der Waals surface area contributed by atoms with E-state index in [0.29, 0.717) is 12.0 Å². The Morgan fingerprint density at radius 3 is 2.66 bits per heavy atom. The second-order valence-corrected chi connectivity index (χ2v) is 9.74. The van der Waals surface area contributed by atoms with Crippen molar-refractivity contribution in [3.63, 3.8) is 0 Å². The van der Waals surface area contributed by atoms with Gasteiger partial charge in [0.25, 0.3) is 0 Å². The van der Waals surface area contributed by atoms with Crippen LogP contribution in [0.2, 0.25) is 0 Å². The average Bonchev–Trinajstić information content (AvgIpc) is 3.24. The normalized spacial score (nSPS) is 26.8. The molecule has 32 heavy (non-hydrogen) atoms. The Morgan fingerprint density at radius 1 is 1.12 bits per heavy atom. The molecule has 3 atom stereocenters. The first-order valence-corrected chi connectivity index (χ1v) is 12.5. The lowest BCUT2D eigenvalue weighted by Gasteiger charge is -2.36. The number of likely N-dealkylation sites (tertiary alicyclic amines) is 1. The van der Waals surface area contributed by atoms with Gasteiger partial charge in [-0.15, -0.1) is 0 Å². The van der Waals surface area contributed by atoms with Crippen molar-refractivity contribution in [2.24, 2.45) is 10.9 Å². The van der Waals surface area contributed by atoms with Crippen LogP contribution in [0.1, 0.15) is 19.4 Å². The first kappa shape index (κ1) is 23.5. The molecule has 0 radical (unpaired) electrons. The molecule has 0 bridgehead atoms. The van der Waals surface area contributed by atoms with Crippen LogP contribution < -0.4 is 5.32 Å². The number of benzene rings is 1. The van der Waals surface area contributed by atoms with Gasteiger partial charge in [-0.2, -0.15) is 0 Å². The Morgan fingerprint density at radius 2 is 1.91 bits per heavy atom. The third kappa shape index (κ3) is 6.22. The third-order valence-corrected chi connectivity index (χ3v) is 7.00. The first-order chi connectivity index (χ1) is 15.6. The van der Waals surface area contributed by atoms with Crippen molar-refractivity contribution in [1.82, 2.24) is 24.9 Å². The minimum absolute atomic E-state index is 0.263. The molecular weight excluding hydrogens is 400 g/mol. The number of likely N-dealkylation sites (N-methyl/N-ethyl adjacent to an activating group) is 1. The van der Waals surface area contributed by atoms with Crippen molar-refractivity contribution in [3.8, 4) is 0 Å². The fourth-order valence-electron chi connectivity index (χ4n) is 5.14. The minimum atomic E-state index is 0.263. The maximum absolute atomic E-state index is 6.19. The molecule has 0 saturated carbocycles. The van der Waals surface area contributed by atoms with Gasteiger partial charge in [-0.1, -0.05) is 37.3 Å². The number of hydrogen-bond acceptors (Lipinski definition) is 5. The van der Waals surface area contributed by atoms with E-state index in [1.165, 1.54) is 31.7 Å². The van der Waals surface area contributed by atoms with Crippen molar-refractivity contribution in [2.45, 2.75) is 32.5 Å². The zero-order valence-corrected chi connectivity index (χ0v) is 20.2. The number of aliphatic imine (C=N–C) groups is 1. The number of rotatable bonds is 7. The fourth-order valence-corrected chi connectivity index (χ4v) is 5.14. The third-order valence-electron chi connectivity index (χ3n) is 7.00. The Bertz CT molecular complexity index is 720. The first-order valence-electron chi connectivity index (χ1n) is 12.5. The van der Waals surface area contributed by atoms with Gasteiger partial charge in [0.15, 0.2) is 5.96 Å². The van der Waals surface area contributed by atoms with E-state index in [0.717, 1.165) is 58.4 Å². The molecule has 1 aromatic rings. The molecule has 3 saturated heterocycles. The van der Waals surface area contributed by atoms with Crippen molar-refractivity contribution in [2.75, 3.05) is 79.1 Å². The molecule has 3 heterocycles. The monoisotopic (exact) mass is 442 g/mol. The summed E-state index contributed by atoms with van der Waals surface area (Å²) in [6.45, 7) is 16.8. The molecule has 3 unspecified atom stereocenters. The fraction of sp³-hybridized carbons (Fsp3) is 0.720. The van der Waals surface area contributed by atoms with Gasteiger partial charge in [0.2, 0.25) is 0 Å². The van der Waals surface area contributed by atoms with E-state index >= 15 is 0 Å². The topological polar surface area (TPSA) is 46.6 Å². The summed E-state index contributed by atoms with van der Waals surface area (Å²) in [7, 11) is 2.21. The Hall–Kier alpha value is -1.67. The predicted octanol–water partition coefficient (Wildman–Crippen LogP) is 1.42. The summed E-state index contributed by atoms with van der Waals surface area (Å²) in [5.74, 6) is 1.61. The number of fused-ring (bicyclic) bond motifs is 1. The molecule has 7 nitrogen and oxygen atoms in total. The van der Waals surface area contributed by atoms with E-state index in [9.17, 15) is 0 Å². The zero-order chi connectivity index (χ0) is 22.3. The standard InChI is InChI=1S/C25H42N6O/c1-4-26-25(27-16-21(2)17-29-12-10-28(3)11-13-29)31-19-23-24(20-31)32-15-14-30(23)18-22-8-6-5-7-9-22/h5-9,21,23-24H,4,10-20H2,1-3H3,(H,26,27). The number of piperazine rings is 1. The summed E-state index contributed by atoms with van der Waals surface area (Å²) < 4.78 is 6.19. The lowest BCUT2D eigenvalue weighted by atomic mass is 10.1. The summed E-state index contributed by atoms with van der Waals surface area (Å²) in [6.07, 6.45) is 0.263. The number of hydrogen-bond donors (Lipinski definition) is 1. The van der Waals surface area contributed by atoms with Gasteiger partial charge in [0.05, 0.1) is 18.8 Å². The van der Waals surface area contributed by atoms with Crippen molar-refractivity contribution >= 4 is 5.96 Å². The number of nitrogens with zero attached hydrogens (tertiary/aromatic N) is 5. The lowest BCUT2D eigenvalue weighted by Crippen LogP contribution is -2.50. The smallest absolute Gasteiger partial charge is 0.194 e. The molecule has 3 fully saturated rings. The number of ether oxygens (including phenoxy) is 1. The van der Waals surface area contributed by atoms with E-state index < -0.39 is 0 Å². The Balaban J connectivity index is 1.34. The molecule has 1 aromatic carbocycles. The van der Waals surface area contributed by atoms with Crippen LogP contribution in [0.15, 0.2) is 35.3 Å². The molecule has 0 spiro atoms. The Kier molecular flexibility index (Phi) is 8.41. The SMILES string of the molecule is CCNC(=NCC(C)CN1CCN(C)CC1)N1CC2OCCN(Cc3ccccc3)C2C1. The average molecular weight is 443 g/mol. The highest BCUT2D eigenvalue weighted by molar-refractivity contribution is 5.80. The van der Waals surface area contributed by atoms with E-state index in [1.807, 2.05) is 0 Å². The van der Waals surface area contributed by atoms with E-state index in [4.69, 9.17) is 9.73 Å². The molecule has 0 amide bonds. The van der Waals surface area contributed by atoms with Gasteiger partial charge in [-0.05, 0) is 25.5 Å². The van der Waals surface area contributed by atoms with Crippen molar-refractivity contribution in [1.29, 1.82) is 0 Å². The molecular formula is C25H42N6O. The van der Waals surface area contributed by atoms with E-state index in [1.54, 1.807) is 0 Å². The molecule has 3 aliphatic heterocycles. The molecule has 3 aliphatic rings. The second kappa shape index (κ2) is 11.5. The highest BCUT2D eigenvalue weighted by atomic mass is 16.5. The minimum Gasteiger partial charge on any atom is -0.373 e. The lowest BCUT2D eigenvalue weighted by molar-refractivity contribution is -0.0502. The van der Waals surface area contributed by atoms with Crippen LogP contribution in [0.25, 0.3) is 0 Å². The predicted molar refractivity (Wildman–Crippen MR) is 131 cm³/mol. The van der Waals surface area contributed by atoms with Crippen LogP contribution in [-0.2, 0) is 11.3 Å². The van der Waals surface area contributed by atoms with Crippen LogP contribution in [0, 0.1) is 5.92 Å². The number of guanidine groups is 1. The van der Waals surface area contributed by atoms with Gasteiger partial charge in [-0.3, -0.25) is 9.89 Å². The summed E-state index contributed by atoms with van der Waals surface area (Å²) in [5, 5.41) is 3.55. The van der Waals surface area contributed by atoms with Gasteiger partial charge < -0.3 is 24.8 Å². The van der Waals surface area contributed by atoms with Gasteiger partial charge >= 0.3 is 0 Å². The molecule has 4 rings (SSSR count). The highest BCUT2D eigenvalue weighted by Crippen LogP contribution is 2.24. The summed E-state index contributed by atoms with van der Waals surface area (Å²) in [6, 6.07) is 11.2. The van der Waals surface area contributed by atoms with Crippen LogP contribution in [0.4, 0.5) is 0 Å². The largest absolute Gasteiger partial charge is 0.373 e. The second-order valence-electron chi connectivity index (χ2n) is 9.74.